The summed E-state index contributed by atoms with van der Waals surface area (Å²) < 4.78 is 1.59. The van der Waals surface area contributed by atoms with Gasteiger partial charge in [-0.25, -0.2) is 4.98 Å². The Morgan fingerprint density at radius 1 is 1.32 bits per heavy atom. The molecule has 0 radical (unpaired) electrons. The fraction of sp³-hybridized carbons (Fsp3) is 0.125. The van der Waals surface area contributed by atoms with Crippen LogP contribution in [0.4, 0.5) is 11.5 Å². The first kappa shape index (κ1) is 19.3. The number of nitrogens with one attached hydrogen (secondary N) is 1. The van der Waals surface area contributed by atoms with Crippen LogP contribution in [0.1, 0.15) is 16.7 Å². The lowest BCUT2D eigenvalue weighted by Gasteiger charge is -2.10. The summed E-state index contributed by atoms with van der Waals surface area (Å²) in [7, 11) is 0. The van der Waals surface area contributed by atoms with Gasteiger partial charge >= 0.3 is 0 Å². The third-order valence-corrected chi connectivity index (χ3v) is 5.37. The van der Waals surface area contributed by atoms with Gasteiger partial charge in [0.1, 0.15) is 23.0 Å². The van der Waals surface area contributed by atoms with Crippen LogP contribution < -0.4 is 11.1 Å². The zero-order valence-corrected chi connectivity index (χ0v) is 16.9. The Kier molecular flexibility index (Phi) is 6.43. The van der Waals surface area contributed by atoms with Gasteiger partial charge in [0.05, 0.1) is 22.6 Å². The zero-order chi connectivity index (χ0) is 18.6. The molecule has 1 aromatic carbocycles. The van der Waals surface area contributed by atoms with Crippen LogP contribution in [0, 0.1) is 29.6 Å². The van der Waals surface area contributed by atoms with Gasteiger partial charge in [-0.3, -0.25) is 4.79 Å². The molecular formula is C16H11Br2N5OS. The average Bonchev–Trinajstić information content (AvgIpc) is 2.56. The largest absolute Gasteiger partial charge is 0.383 e. The fourth-order valence-corrected chi connectivity index (χ4v) is 3.54. The molecule has 1 amide bonds. The van der Waals surface area contributed by atoms with Gasteiger partial charge in [-0.2, -0.15) is 10.5 Å². The molecule has 0 aliphatic rings. The number of carbonyl (C=O) groups is 1. The summed E-state index contributed by atoms with van der Waals surface area (Å²) in [4.78, 5) is 16.3. The Bertz CT molecular complexity index is 934. The molecule has 0 bridgehead atoms. The van der Waals surface area contributed by atoms with Crippen LogP contribution in [0.25, 0.3) is 0 Å². The van der Waals surface area contributed by atoms with Crippen LogP contribution in [-0.2, 0) is 4.79 Å². The maximum atomic E-state index is 12.2. The molecule has 0 aliphatic carbocycles. The minimum Gasteiger partial charge on any atom is -0.383 e. The highest BCUT2D eigenvalue weighted by Crippen LogP contribution is 2.29. The number of carbonyl (C=O) groups excluding carboxylic acids is 1. The van der Waals surface area contributed by atoms with E-state index in [1.165, 1.54) is 0 Å². The lowest BCUT2D eigenvalue weighted by atomic mass is 10.1. The number of nitrogen functional groups attached to an aromatic ring is 1. The first-order valence-corrected chi connectivity index (χ1v) is 9.42. The van der Waals surface area contributed by atoms with E-state index in [4.69, 9.17) is 11.0 Å². The molecule has 0 fully saturated rings. The number of hydrogen-bond donors (Lipinski definition) is 2. The molecule has 1 aromatic heterocycles. The normalized spacial score (nSPS) is 9.96. The third-order valence-electron chi connectivity index (χ3n) is 3.21. The van der Waals surface area contributed by atoms with E-state index in [0.717, 1.165) is 20.7 Å². The predicted octanol–water partition coefficient (Wildman–Crippen LogP) is 3.97. The first-order valence-electron chi connectivity index (χ1n) is 6.85. The summed E-state index contributed by atoms with van der Waals surface area (Å²) in [5.74, 6) is -0.155. The lowest BCUT2D eigenvalue weighted by Crippen LogP contribution is -2.15. The third kappa shape index (κ3) is 4.51. The van der Waals surface area contributed by atoms with Crippen LogP contribution in [0.5, 0.6) is 0 Å². The standard InChI is InChI=1S/C16H11Br2N5OS/c1-8-10(5-19)15(21)23-16(11(8)6-20)25-7-14(24)22-13-4-9(17)2-3-12(13)18/h2-4H,7H2,1H3,(H2,21,23)(H,22,24). The smallest absolute Gasteiger partial charge is 0.234 e. The van der Waals surface area contributed by atoms with E-state index in [1.54, 1.807) is 13.0 Å². The molecule has 0 saturated heterocycles. The summed E-state index contributed by atoms with van der Waals surface area (Å²) >= 11 is 7.81. The molecule has 0 atom stereocenters. The molecule has 9 heteroatoms. The van der Waals surface area contributed by atoms with E-state index < -0.39 is 0 Å². The van der Waals surface area contributed by atoms with Crippen molar-refractivity contribution in [3.63, 3.8) is 0 Å². The van der Waals surface area contributed by atoms with Gasteiger partial charge in [0.2, 0.25) is 5.91 Å². The number of anilines is 2. The predicted molar refractivity (Wildman–Crippen MR) is 104 cm³/mol. The van der Waals surface area contributed by atoms with Crippen LogP contribution in [0.2, 0.25) is 0 Å². The van der Waals surface area contributed by atoms with Gasteiger partial charge in [0.15, 0.2) is 0 Å². The zero-order valence-electron chi connectivity index (χ0n) is 12.9. The summed E-state index contributed by atoms with van der Waals surface area (Å²) in [5, 5.41) is 21.5. The number of hydrogen-bond acceptors (Lipinski definition) is 6. The second-order valence-electron chi connectivity index (χ2n) is 4.86. The number of nitriles is 2. The number of pyridine rings is 1. The SMILES string of the molecule is Cc1c(C#N)c(N)nc(SCC(=O)Nc2cc(Br)ccc2Br)c1C#N. The Morgan fingerprint density at radius 3 is 2.64 bits per heavy atom. The van der Waals surface area contributed by atoms with Crippen LogP contribution in [-0.4, -0.2) is 16.6 Å². The van der Waals surface area contributed by atoms with Gasteiger partial charge < -0.3 is 11.1 Å². The molecule has 6 nitrogen and oxygen atoms in total. The Labute approximate surface area is 165 Å². The molecule has 3 N–H and O–H groups in total. The lowest BCUT2D eigenvalue weighted by molar-refractivity contribution is -0.113. The molecule has 2 rings (SSSR count). The molecule has 25 heavy (non-hydrogen) atoms. The van der Waals surface area contributed by atoms with Crippen molar-refractivity contribution in [3.8, 4) is 12.1 Å². The van der Waals surface area contributed by atoms with E-state index in [-0.39, 0.29) is 28.6 Å². The van der Waals surface area contributed by atoms with Gasteiger partial charge in [-0.1, -0.05) is 27.7 Å². The number of amides is 1. The van der Waals surface area contributed by atoms with Crippen molar-refractivity contribution in [1.82, 2.24) is 4.98 Å². The topological polar surface area (TPSA) is 116 Å². The quantitative estimate of drug-likeness (QED) is 0.639. The maximum Gasteiger partial charge on any atom is 0.234 e. The van der Waals surface area contributed by atoms with E-state index in [9.17, 15) is 10.1 Å². The van der Waals surface area contributed by atoms with Crippen molar-refractivity contribution < 1.29 is 4.79 Å². The first-order chi connectivity index (χ1) is 11.9. The van der Waals surface area contributed by atoms with E-state index >= 15 is 0 Å². The highest BCUT2D eigenvalue weighted by Gasteiger charge is 2.17. The van der Waals surface area contributed by atoms with Crippen molar-refractivity contribution >= 4 is 61.0 Å². The Hall–Kier alpha value is -2.07. The number of rotatable bonds is 4. The van der Waals surface area contributed by atoms with Crippen molar-refractivity contribution in [2.75, 3.05) is 16.8 Å². The summed E-state index contributed by atoms with van der Waals surface area (Å²) in [5.41, 5.74) is 7.29. The fourth-order valence-electron chi connectivity index (χ4n) is 1.99. The monoisotopic (exact) mass is 479 g/mol. The number of benzene rings is 1. The number of nitrogens with zero attached hydrogens (tertiary/aromatic N) is 3. The molecule has 0 spiro atoms. The maximum absolute atomic E-state index is 12.2. The van der Waals surface area contributed by atoms with Gasteiger partial charge in [0.25, 0.3) is 0 Å². The average molecular weight is 481 g/mol. The number of thioether (sulfide) groups is 1. The van der Waals surface area contributed by atoms with Crippen LogP contribution >= 0.6 is 43.6 Å². The minimum atomic E-state index is -0.255. The summed E-state index contributed by atoms with van der Waals surface area (Å²) in [6.07, 6.45) is 0. The van der Waals surface area contributed by atoms with Crippen LogP contribution in [0.15, 0.2) is 32.2 Å². The van der Waals surface area contributed by atoms with Crippen molar-refractivity contribution in [1.29, 1.82) is 10.5 Å². The molecular weight excluding hydrogens is 470 g/mol. The molecule has 0 unspecified atom stereocenters. The second-order valence-corrected chi connectivity index (χ2v) is 7.60. The number of halogens is 2. The van der Waals surface area contributed by atoms with Gasteiger partial charge in [0, 0.05) is 8.95 Å². The molecule has 0 saturated carbocycles. The highest BCUT2D eigenvalue weighted by atomic mass is 79.9. The van der Waals surface area contributed by atoms with E-state index in [1.807, 2.05) is 24.3 Å². The summed E-state index contributed by atoms with van der Waals surface area (Å²) in [6.45, 7) is 1.64. The van der Waals surface area contributed by atoms with Crippen molar-refractivity contribution in [3.05, 3.63) is 43.8 Å². The van der Waals surface area contributed by atoms with E-state index in [0.29, 0.717) is 16.3 Å². The Morgan fingerprint density at radius 2 is 2.00 bits per heavy atom. The minimum absolute atomic E-state index is 0.0470. The van der Waals surface area contributed by atoms with Gasteiger partial charge in [-0.05, 0) is 46.6 Å². The molecule has 2 aromatic rings. The molecule has 0 aliphatic heterocycles. The number of aromatic nitrogens is 1. The van der Waals surface area contributed by atoms with Crippen molar-refractivity contribution in [2.45, 2.75) is 11.9 Å². The summed E-state index contributed by atoms with van der Waals surface area (Å²) in [6, 6.07) is 9.39. The number of nitrogens with two attached hydrogens (primary N) is 1. The van der Waals surface area contributed by atoms with Gasteiger partial charge in [-0.15, -0.1) is 0 Å². The van der Waals surface area contributed by atoms with Crippen molar-refractivity contribution in [2.24, 2.45) is 0 Å². The molecule has 126 valence electrons. The second kappa shape index (κ2) is 8.34. The molecule has 1 heterocycles. The van der Waals surface area contributed by atoms with E-state index in [2.05, 4.69) is 42.2 Å². The highest BCUT2D eigenvalue weighted by molar-refractivity contribution is 9.11. The Balaban J connectivity index is 2.16. The van der Waals surface area contributed by atoms with Crippen LogP contribution in [0.3, 0.4) is 0 Å².